The first-order chi connectivity index (χ1) is 15.5. The first-order valence-corrected chi connectivity index (χ1v) is 10.6. The third-order valence-corrected chi connectivity index (χ3v) is 5.75. The fourth-order valence-electron chi connectivity index (χ4n) is 4.30. The highest BCUT2D eigenvalue weighted by molar-refractivity contribution is 6.08. The minimum absolute atomic E-state index is 0.0120. The Morgan fingerprint density at radius 2 is 2.03 bits per heavy atom. The van der Waals surface area contributed by atoms with E-state index in [-0.39, 0.29) is 6.04 Å². The van der Waals surface area contributed by atoms with Crippen molar-refractivity contribution < 1.29 is 0 Å². The molecule has 2 heterocycles. The Hall–Kier alpha value is -3.84. The Labute approximate surface area is 188 Å². The van der Waals surface area contributed by atoms with Crippen molar-refractivity contribution in [1.82, 2.24) is 15.3 Å². The molecular weight excluding hydrogens is 398 g/mol. The largest absolute Gasteiger partial charge is 0.401 e. The van der Waals surface area contributed by atoms with E-state index in [9.17, 15) is 0 Å². The number of hydrazine groups is 1. The maximum absolute atomic E-state index is 7.83. The van der Waals surface area contributed by atoms with Crippen LogP contribution in [-0.4, -0.2) is 29.8 Å². The Balaban J connectivity index is 1.86. The number of nitrogens with one attached hydrogen (secondary N) is 3. The minimum atomic E-state index is -0.0120. The molecule has 1 aliphatic heterocycles. The van der Waals surface area contributed by atoms with Gasteiger partial charge in [0, 0.05) is 54.4 Å². The SMILES string of the molecule is CN/C=C(\C=N)c1ccc2c(c1)C(Nc1cccc3cccnc13)CCN(N)/C2=C(/C)N. The molecule has 4 rings (SSSR count). The summed E-state index contributed by atoms with van der Waals surface area (Å²) < 4.78 is 0. The normalized spacial score (nSPS) is 18.0. The summed E-state index contributed by atoms with van der Waals surface area (Å²) in [7, 11) is 1.83. The van der Waals surface area contributed by atoms with E-state index in [1.807, 2.05) is 50.6 Å². The Morgan fingerprint density at radius 1 is 1.22 bits per heavy atom. The van der Waals surface area contributed by atoms with E-state index in [2.05, 4.69) is 39.9 Å². The molecule has 1 atom stereocenters. The Kier molecular flexibility index (Phi) is 6.09. The highest BCUT2D eigenvalue weighted by Crippen LogP contribution is 2.37. The molecule has 1 aromatic heterocycles. The Morgan fingerprint density at radius 3 is 2.78 bits per heavy atom. The van der Waals surface area contributed by atoms with Gasteiger partial charge in [0.05, 0.1) is 22.9 Å². The summed E-state index contributed by atoms with van der Waals surface area (Å²) >= 11 is 0. The quantitative estimate of drug-likeness (QED) is 0.312. The van der Waals surface area contributed by atoms with Gasteiger partial charge in [-0.25, -0.2) is 5.84 Å². The lowest BCUT2D eigenvalue weighted by atomic mass is 9.92. The molecular formula is C25H29N7. The van der Waals surface area contributed by atoms with Gasteiger partial charge in [0.1, 0.15) is 0 Å². The summed E-state index contributed by atoms with van der Waals surface area (Å²) in [6.07, 6.45) is 5.77. The van der Waals surface area contributed by atoms with E-state index in [0.717, 1.165) is 51.0 Å². The van der Waals surface area contributed by atoms with Crippen molar-refractivity contribution in [3.8, 4) is 0 Å². The van der Waals surface area contributed by atoms with Crippen molar-refractivity contribution in [2.75, 3.05) is 18.9 Å². The van der Waals surface area contributed by atoms with E-state index in [1.165, 1.54) is 6.21 Å². The average molecular weight is 428 g/mol. The van der Waals surface area contributed by atoms with Crippen LogP contribution < -0.4 is 22.2 Å². The summed E-state index contributed by atoms with van der Waals surface area (Å²) in [5, 5.41) is 17.4. The molecule has 32 heavy (non-hydrogen) atoms. The summed E-state index contributed by atoms with van der Waals surface area (Å²) in [6, 6.07) is 16.3. The van der Waals surface area contributed by atoms with Gasteiger partial charge in [-0.15, -0.1) is 0 Å². The third kappa shape index (κ3) is 4.02. The molecule has 7 nitrogen and oxygen atoms in total. The van der Waals surface area contributed by atoms with Gasteiger partial charge in [0.25, 0.3) is 0 Å². The lowest BCUT2D eigenvalue weighted by Gasteiger charge is -2.22. The van der Waals surface area contributed by atoms with Crippen molar-refractivity contribution >= 4 is 34.1 Å². The average Bonchev–Trinajstić information content (AvgIpc) is 2.93. The summed E-state index contributed by atoms with van der Waals surface area (Å²) in [5.41, 5.74) is 13.5. The number of allylic oxidation sites excluding steroid dienone is 2. The molecule has 2 aromatic carbocycles. The molecule has 0 saturated heterocycles. The molecule has 0 fully saturated rings. The number of benzene rings is 2. The van der Waals surface area contributed by atoms with Crippen LogP contribution in [0.2, 0.25) is 0 Å². The van der Waals surface area contributed by atoms with Crippen LogP contribution in [0.25, 0.3) is 22.2 Å². The maximum atomic E-state index is 7.83. The van der Waals surface area contributed by atoms with Crippen molar-refractivity contribution in [2.45, 2.75) is 19.4 Å². The Bertz CT molecular complexity index is 1200. The van der Waals surface area contributed by atoms with E-state index < -0.39 is 0 Å². The second kappa shape index (κ2) is 9.11. The molecule has 1 aliphatic rings. The van der Waals surface area contributed by atoms with Crippen molar-refractivity contribution in [3.05, 3.63) is 83.3 Å². The fraction of sp³-hybridized carbons (Fsp3) is 0.200. The fourth-order valence-corrected chi connectivity index (χ4v) is 4.30. The number of aromatic nitrogens is 1. The molecule has 0 aliphatic carbocycles. The van der Waals surface area contributed by atoms with Crippen LogP contribution in [0.1, 0.15) is 36.1 Å². The van der Waals surface area contributed by atoms with Crippen LogP contribution >= 0.6 is 0 Å². The van der Waals surface area contributed by atoms with Gasteiger partial charge in [-0.2, -0.15) is 0 Å². The maximum Gasteiger partial charge on any atom is 0.0933 e. The van der Waals surface area contributed by atoms with Gasteiger partial charge in [0.2, 0.25) is 0 Å². The smallest absolute Gasteiger partial charge is 0.0933 e. The van der Waals surface area contributed by atoms with Crippen LogP contribution in [-0.2, 0) is 0 Å². The highest BCUT2D eigenvalue weighted by Gasteiger charge is 2.26. The van der Waals surface area contributed by atoms with E-state index in [0.29, 0.717) is 12.2 Å². The molecule has 164 valence electrons. The first kappa shape index (κ1) is 21.4. The zero-order valence-corrected chi connectivity index (χ0v) is 18.4. The van der Waals surface area contributed by atoms with Gasteiger partial charge in [0.15, 0.2) is 0 Å². The number of nitrogens with zero attached hydrogens (tertiary/aromatic N) is 2. The number of para-hydroxylation sites is 1. The topological polar surface area (TPSA) is 116 Å². The van der Waals surface area contributed by atoms with Crippen molar-refractivity contribution in [1.29, 1.82) is 5.41 Å². The van der Waals surface area contributed by atoms with Crippen molar-refractivity contribution in [2.24, 2.45) is 11.6 Å². The van der Waals surface area contributed by atoms with Gasteiger partial charge in [-0.3, -0.25) is 4.98 Å². The summed E-state index contributed by atoms with van der Waals surface area (Å²) in [4.78, 5) is 4.59. The standard InChI is InChI=1S/C25H29N7/c1-16(27)25-20-9-8-18(19(14-26)15-29-2)13-21(20)22(10-12-32(25)28)31-23-7-3-5-17-6-4-11-30-24(17)23/h3-9,11,13-15,22,26,29,31H,10,12,27-28H2,1-2H3/b19-15+,25-16-,26-14?. The predicted molar refractivity (Wildman–Crippen MR) is 133 cm³/mol. The van der Waals surface area contributed by atoms with E-state index >= 15 is 0 Å². The molecule has 0 bridgehead atoms. The molecule has 0 amide bonds. The molecule has 0 saturated carbocycles. The van der Waals surface area contributed by atoms with Gasteiger partial charge >= 0.3 is 0 Å². The van der Waals surface area contributed by atoms with E-state index in [4.69, 9.17) is 17.0 Å². The predicted octanol–water partition coefficient (Wildman–Crippen LogP) is 3.82. The van der Waals surface area contributed by atoms with Crippen molar-refractivity contribution in [3.63, 3.8) is 0 Å². The third-order valence-electron chi connectivity index (χ3n) is 5.75. The molecule has 1 unspecified atom stereocenters. The number of pyridine rings is 1. The number of hydrogen-bond donors (Lipinski definition) is 5. The minimum Gasteiger partial charge on any atom is -0.401 e. The van der Waals surface area contributed by atoms with Crippen LogP contribution in [0.15, 0.2) is 66.6 Å². The van der Waals surface area contributed by atoms with Crippen LogP contribution in [0.3, 0.4) is 0 Å². The number of rotatable bonds is 5. The molecule has 0 radical (unpaired) electrons. The van der Waals surface area contributed by atoms with Crippen LogP contribution in [0, 0.1) is 5.41 Å². The number of nitrogens with two attached hydrogens (primary N) is 2. The zero-order chi connectivity index (χ0) is 22.7. The second-order valence-electron chi connectivity index (χ2n) is 7.93. The number of fused-ring (bicyclic) bond motifs is 2. The van der Waals surface area contributed by atoms with Gasteiger partial charge < -0.3 is 26.8 Å². The molecule has 7 N–H and O–H groups in total. The lowest BCUT2D eigenvalue weighted by Crippen LogP contribution is -2.31. The zero-order valence-electron chi connectivity index (χ0n) is 18.4. The number of anilines is 1. The van der Waals surface area contributed by atoms with Gasteiger partial charge in [-0.05, 0) is 42.7 Å². The number of hydrogen-bond acceptors (Lipinski definition) is 7. The second-order valence-corrected chi connectivity index (χ2v) is 7.93. The lowest BCUT2D eigenvalue weighted by molar-refractivity contribution is 0.402. The molecule has 7 heteroatoms. The van der Waals surface area contributed by atoms with Crippen LogP contribution in [0.4, 0.5) is 5.69 Å². The monoisotopic (exact) mass is 427 g/mol. The summed E-state index contributed by atoms with van der Waals surface area (Å²) in [6.45, 7) is 2.52. The molecule has 0 spiro atoms. The van der Waals surface area contributed by atoms with Gasteiger partial charge in [-0.1, -0.05) is 30.3 Å². The van der Waals surface area contributed by atoms with E-state index in [1.54, 1.807) is 5.01 Å². The van der Waals surface area contributed by atoms with Crippen LogP contribution in [0.5, 0.6) is 0 Å². The summed E-state index contributed by atoms with van der Waals surface area (Å²) in [5.74, 6) is 6.41. The highest BCUT2D eigenvalue weighted by atomic mass is 15.4. The molecule has 3 aromatic rings. The first-order valence-electron chi connectivity index (χ1n) is 10.6.